The van der Waals surface area contributed by atoms with E-state index in [1.807, 2.05) is 50.2 Å². The van der Waals surface area contributed by atoms with E-state index in [2.05, 4.69) is 5.32 Å². The second-order valence-electron chi connectivity index (χ2n) is 5.18. The Labute approximate surface area is 131 Å². The predicted molar refractivity (Wildman–Crippen MR) is 87.6 cm³/mol. The van der Waals surface area contributed by atoms with Gasteiger partial charge in [0.1, 0.15) is 11.5 Å². The summed E-state index contributed by atoms with van der Waals surface area (Å²) in [4.78, 5) is 12.2. The maximum Gasteiger partial charge on any atom is 0.265 e. The summed E-state index contributed by atoms with van der Waals surface area (Å²) in [5, 5.41) is 2.83. The van der Waals surface area contributed by atoms with Gasteiger partial charge < -0.3 is 14.8 Å². The first-order valence-corrected chi connectivity index (χ1v) is 7.19. The van der Waals surface area contributed by atoms with Gasteiger partial charge in [-0.25, -0.2) is 0 Å². The Bertz CT molecular complexity index is 667. The molecule has 0 fully saturated rings. The molecule has 116 valence electrons. The summed E-state index contributed by atoms with van der Waals surface area (Å²) < 4.78 is 10.9. The molecule has 1 atom stereocenters. The van der Waals surface area contributed by atoms with Gasteiger partial charge in [0, 0.05) is 11.8 Å². The zero-order chi connectivity index (χ0) is 16.1. The van der Waals surface area contributed by atoms with Crippen molar-refractivity contribution in [1.82, 2.24) is 0 Å². The van der Waals surface area contributed by atoms with Crippen LogP contribution in [0.4, 0.5) is 5.69 Å². The topological polar surface area (TPSA) is 47.6 Å². The Hall–Kier alpha value is -2.49. The molecule has 0 saturated carbocycles. The summed E-state index contributed by atoms with van der Waals surface area (Å²) in [5.74, 6) is 1.23. The average Bonchev–Trinajstić information content (AvgIpc) is 2.52. The van der Waals surface area contributed by atoms with Crippen LogP contribution in [0.15, 0.2) is 42.5 Å². The van der Waals surface area contributed by atoms with Crippen molar-refractivity contribution >= 4 is 11.6 Å². The highest BCUT2D eigenvalue weighted by Crippen LogP contribution is 2.22. The summed E-state index contributed by atoms with van der Waals surface area (Å²) in [5.41, 5.74) is 2.86. The van der Waals surface area contributed by atoms with Crippen LogP contribution in [0, 0.1) is 13.8 Å². The molecule has 0 aliphatic heterocycles. The molecular formula is C18H21NO3. The SMILES string of the molecule is COc1cccc(NC(=O)[C@@H](C)Oc2cccc(C)c2C)c1. The number of anilines is 1. The smallest absolute Gasteiger partial charge is 0.265 e. The third-order valence-electron chi connectivity index (χ3n) is 3.57. The molecule has 0 heterocycles. The first-order chi connectivity index (χ1) is 10.5. The van der Waals surface area contributed by atoms with Gasteiger partial charge >= 0.3 is 0 Å². The van der Waals surface area contributed by atoms with Crippen LogP contribution in [0.2, 0.25) is 0 Å². The average molecular weight is 299 g/mol. The van der Waals surface area contributed by atoms with Gasteiger partial charge in [-0.3, -0.25) is 4.79 Å². The number of amides is 1. The molecule has 0 aromatic heterocycles. The lowest BCUT2D eigenvalue weighted by atomic mass is 10.1. The Balaban J connectivity index is 2.04. The minimum atomic E-state index is -0.591. The molecule has 22 heavy (non-hydrogen) atoms. The fourth-order valence-corrected chi connectivity index (χ4v) is 2.04. The Morgan fingerprint density at radius 3 is 2.59 bits per heavy atom. The van der Waals surface area contributed by atoms with Crippen molar-refractivity contribution in [2.75, 3.05) is 12.4 Å². The first kappa shape index (κ1) is 15.9. The summed E-state index contributed by atoms with van der Waals surface area (Å²) >= 11 is 0. The van der Waals surface area contributed by atoms with E-state index >= 15 is 0 Å². The number of methoxy groups -OCH3 is 1. The number of carbonyl (C=O) groups excluding carboxylic acids is 1. The number of aryl methyl sites for hydroxylation is 1. The van der Waals surface area contributed by atoms with Crippen molar-refractivity contribution in [3.05, 3.63) is 53.6 Å². The highest BCUT2D eigenvalue weighted by Gasteiger charge is 2.16. The van der Waals surface area contributed by atoms with Gasteiger partial charge in [-0.05, 0) is 50.1 Å². The minimum Gasteiger partial charge on any atom is -0.497 e. The van der Waals surface area contributed by atoms with Crippen LogP contribution in [-0.4, -0.2) is 19.1 Å². The van der Waals surface area contributed by atoms with Crippen molar-refractivity contribution in [2.45, 2.75) is 26.9 Å². The van der Waals surface area contributed by atoms with Crippen molar-refractivity contribution in [3.8, 4) is 11.5 Å². The monoisotopic (exact) mass is 299 g/mol. The maximum atomic E-state index is 12.2. The van der Waals surface area contributed by atoms with E-state index in [9.17, 15) is 4.79 Å². The predicted octanol–water partition coefficient (Wildman–Crippen LogP) is 3.72. The third-order valence-corrected chi connectivity index (χ3v) is 3.57. The molecule has 4 heteroatoms. The standard InChI is InChI=1S/C18H21NO3/c1-12-7-5-10-17(13(12)2)22-14(3)18(20)19-15-8-6-9-16(11-15)21-4/h5-11,14H,1-4H3,(H,19,20)/t14-/m1/s1. The van der Waals surface area contributed by atoms with E-state index in [0.29, 0.717) is 11.4 Å². The zero-order valence-corrected chi connectivity index (χ0v) is 13.3. The molecular weight excluding hydrogens is 278 g/mol. The molecule has 0 radical (unpaired) electrons. The van der Waals surface area contributed by atoms with Gasteiger partial charge in [-0.2, -0.15) is 0 Å². The quantitative estimate of drug-likeness (QED) is 0.915. The van der Waals surface area contributed by atoms with Gasteiger partial charge in [0.2, 0.25) is 0 Å². The number of benzene rings is 2. The summed E-state index contributed by atoms with van der Waals surface area (Å²) in [6.07, 6.45) is -0.591. The van der Waals surface area contributed by atoms with Crippen molar-refractivity contribution in [2.24, 2.45) is 0 Å². The van der Waals surface area contributed by atoms with Gasteiger partial charge in [-0.1, -0.05) is 18.2 Å². The third kappa shape index (κ3) is 3.79. The molecule has 4 nitrogen and oxygen atoms in total. The van der Waals surface area contributed by atoms with Crippen LogP contribution < -0.4 is 14.8 Å². The molecule has 0 bridgehead atoms. The molecule has 0 aliphatic carbocycles. The normalized spacial score (nSPS) is 11.6. The number of ether oxygens (including phenoxy) is 2. The van der Waals surface area contributed by atoms with E-state index in [1.165, 1.54) is 0 Å². The van der Waals surface area contributed by atoms with Crippen LogP contribution in [-0.2, 0) is 4.79 Å². The molecule has 2 aromatic carbocycles. The van der Waals surface area contributed by atoms with Gasteiger partial charge in [0.05, 0.1) is 7.11 Å². The molecule has 0 saturated heterocycles. The Kier molecular flexibility index (Phi) is 5.04. The largest absolute Gasteiger partial charge is 0.497 e. The minimum absolute atomic E-state index is 0.200. The van der Waals surface area contributed by atoms with E-state index in [0.717, 1.165) is 16.9 Å². The van der Waals surface area contributed by atoms with Crippen LogP contribution in [0.5, 0.6) is 11.5 Å². The number of rotatable bonds is 5. The lowest BCUT2D eigenvalue weighted by Gasteiger charge is -2.17. The summed E-state index contributed by atoms with van der Waals surface area (Å²) in [7, 11) is 1.59. The van der Waals surface area contributed by atoms with Gasteiger partial charge in [-0.15, -0.1) is 0 Å². The van der Waals surface area contributed by atoms with Gasteiger partial charge in [0.15, 0.2) is 6.10 Å². The summed E-state index contributed by atoms with van der Waals surface area (Å²) in [6, 6.07) is 13.0. The fourth-order valence-electron chi connectivity index (χ4n) is 2.04. The highest BCUT2D eigenvalue weighted by atomic mass is 16.5. The van der Waals surface area contributed by atoms with Crippen LogP contribution in [0.25, 0.3) is 0 Å². The molecule has 1 amide bonds. The Morgan fingerprint density at radius 1 is 1.14 bits per heavy atom. The highest BCUT2D eigenvalue weighted by molar-refractivity contribution is 5.94. The van der Waals surface area contributed by atoms with E-state index in [1.54, 1.807) is 20.1 Å². The molecule has 2 rings (SSSR count). The Morgan fingerprint density at radius 2 is 1.86 bits per heavy atom. The van der Waals surface area contributed by atoms with Crippen LogP contribution >= 0.6 is 0 Å². The van der Waals surface area contributed by atoms with Crippen LogP contribution in [0.1, 0.15) is 18.1 Å². The lowest BCUT2D eigenvalue weighted by molar-refractivity contribution is -0.122. The molecule has 0 spiro atoms. The first-order valence-electron chi connectivity index (χ1n) is 7.19. The fraction of sp³-hybridized carbons (Fsp3) is 0.278. The van der Waals surface area contributed by atoms with Gasteiger partial charge in [0.25, 0.3) is 5.91 Å². The van der Waals surface area contributed by atoms with Crippen LogP contribution in [0.3, 0.4) is 0 Å². The number of nitrogens with one attached hydrogen (secondary N) is 1. The van der Waals surface area contributed by atoms with E-state index < -0.39 is 6.10 Å². The molecule has 0 unspecified atom stereocenters. The van der Waals surface area contributed by atoms with E-state index in [-0.39, 0.29) is 5.91 Å². The second kappa shape index (κ2) is 6.98. The lowest BCUT2D eigenvalue weighted by Crippen LogP contribution is -2.30. The van der Waals surface area contributed by atoms with Crippen molar-refractivity contribution in [1.29, 1.82) is 0 Å². The zero-order valence-electron chi connectivity index (χ0n) is 13.3. The number of carbonyl (C=O) groups is 1. The molecule has 0 aliphatic rings. The van der Waals surface area contributed by atoms with Crippen molar-refractivity contribution < 1.29 is 14.3 Å². The maximum absolute atomic E-state index is 12.2. The molecule has 1 N–H and O–H groups in total. The van der Waals surface area contributed by atoms with E-state index in [4.69, 9.17) is 9.47 Å². The number of hydrogen-bond acceptors (Lipinski definition) is 3. The number of hydrogen-bond donors (Lipinski definition) is 1. The second-order valence-corrected chi connectivity index (χ2v) is 5.18. The van der Waals surface area contributed by atoms with Crippen molar-refractivity contribution in [3.63, 3.8) is 0 Å². The molecule has 2 aromatic rings. The summed E-state index contributed by atoms with van der Waals surface area (Å²) in [6.45, 7) is 5.73.